The number of hydrogen-bond acceptors (Lipinski definition) is 8. The second-order valence-corrected chi connectivity index (χ2v) is 8.37. The van der Waals surface area contributed by atoms with Crippen LogP contribution in [0.25, 0.3) is 0 Å². The number of esters is 1. The molecular weight excluding hydrogens is 509 g/mol. The van der Waals surface area contributed by atoms with Gasteiger partial charge in [-0.2, -0.15) is 19.0 Å². The number of ether oxygens (including phenoxy) is 3. The number of halogens is 3. The number of nitrogens with zero attached hydrogens (tertiary/aromatic N) is 4. The highest BCUT2D eigenvalue weighted by molar-refractivity contribution is 7.99. The van der Waals surface area contributed by atoms with Crippen molar-refractivity contribution >= 4 is 17.7 Å². The Balaban J connectivity index is 1.67. The summed E-state index contributed by atoms with van der Waals surface area (Å²) in [6.45, 7) is 0.125. The van der Waals surface area contributed by atoms with Crippen LogP contribution >= 0.6 is 11.8 Å². The van der Waals surface area contributed by atoms with Crippen molar-refractivity contribution in [2.75, 3.05) is 7.11 Å². The van der Waals surface area contributed by atoms with Crippen molar-refractivity contribution in [3.05, 3.63) is 89.1 Å². The van der Waals surface area contributed by atoms with Gasteiger partial charge in [0.1, 0.15) is 12.3 Å². The highest BCUT2D eigenvalue weighted by Crippen LogP contribution is 2.39. The van der Waals surface area contributed by atoms with Gasteiger partial charge in [0.15, 0.2) is 22.5 Å². The van der Waals surface area contributed by atoms with Gasteiger partial charge in [-0.1, -0.05) is 30.3 Å². The van der Waals surface area contributed by atoms with E-state index in [9.17, 15) is 18.8 Å². The van der Waals surface area contributed by atoms with E-state index in [0.717, 1.165) is 11.8 Å². The lowest BCUT2D eigenvalue weighted by Gasteiger charge is -2.14. The summed E-state index contributed by atoms with van der Waals surface area (Å²) in [6.07, 6.45) is 1.16. The third-order valence-electron chi connectivity index (χ3n) is 5.02. The lowest BCUT2D eigenvalue weighted by molar-refractivity contribution is 0.0589. The van der Waals surface area contributed by atoms with E-state index in [1.165, 1.54) is 36.9 Å². The van der Waals surface area contributed by atoms with Crippen LogP contribution < -0.4 is 9.47 Å². The van der Waals surface area contributed by atoms with Gasteiger partial charge in [-0.3, -0.25) is 0 Å². The number of imidazole rings is 1. The predicted octanol–water partition coefficient (Wildman–Crippen LogP) is 5.41. The molecule has 2 heterocycles. The minimum Gasteiger partial charge on any atom is -0.485 e. The monoisotopic (exact) mass is 526 g/mol. The summed E-state index contributed by atoms with van der Waals surface area (Å²) in [5.74, 6) is -6.11. The van der Waals surface area contributed by atoms with Crippen LogP contribution in [0.2, 0.25) is 0 Å². The van der Waals surface area contributed by atoms with Crippen LogP contribution in [0.15, 0.2) is 64.8 Å². The van der Waals surface area contributed by atoms with Crippen LogP contribution in [0.3, 0.4) is 0 Å². The molecule has 0 unspecified atom stereocenters. The quantitative estimate of drug-likeness (QED) is 0.222. The molecule has 0 saturated carbocycles. The van der Waals surface area contributed by atoms with E-state index in [4.69, 9.17) is 9.47 Å². The molecule has 188 valence electrons. The van der Waals surface area contributed by atoms with E-state index in [-0.39, 0.29) is 34.5 Å². The molecule has 0 atom stereocenters. The average molecular weight is 526 g/mol. The summed E-state index contributed by atoms with van der Waals surface area (Å²) < 4.78 is 61.5. The van der Waals surface area contributed by atoms with Crippen molar-refractivity contribution < 1.29 is 32.2 Å². The molecular formula is C25H17F3N4O4S. The first kappa shape index (κ1) is 25.6. The van der Waals surface area contributed by atoms with Crippen LogP contribution in [0.5, 0.6) is 17.4 Å². The number of carbonyl (C=O) groups is 1. The molecule has 0 amide bonds. The second-order valence-electron chi connectivity index (χ2n) is 7.39. The van der Waals surface area contributed by atoms with Crippen LogP contribution in [-0.4, -0.2) is 27.6 Å². The molecule has 2 aromatic heterocycles. The Labute approximate surface area is 213 Å². The van der Waals surface area contributed by atoms with Crippen molar-refractivity contribution in [3.63, 3.8) is 0 Å². The van der Waals surface area contributed by atoms with E-state index in [1.54, 1.807) is 0 Å². The number of hydrogen-bond donors (Lipinski definition) is 0. The molecule has 12 heteroatoms. The molecule has 0 bridgehead atoms. The number of aromatic nitrogens is 3. The first-order valence-electron chi connectivity index (χ1n) is 10.5. The summed E-state index contributed by atoms with van der Waals surface area (Å²) in [4.78, 5) is 18.2. The summed E-state index contributed by atoms with van der Waals surface area (Å²) in [6, 6.07) is 15.2. The van der Waals surface area contributed by atoms with Gasteiger partial charge in [-0.15, -0.1) is 0 Å². The fourth-order valence-corrected chi connectivity index (χ4v) is 3.99. The van der Waals surface area contributed by atoms with Gasteiger partial charge < -0.3 is 18.8 Å². The number of rotatable bonds is 8. The number of carbonyl (C=O) groups excluding carboxylic acids is 1. The van der Waals surface area contributed by atoms with E-state index in [0.29, 0.717) is 11.8 Å². The molecule has 4 rings (SSSR count). The van der Waals surface area contributed by atoms with E-state index >= 15 is 4.39 Å². The number of methoxy groups -OCH3 is 1. The maximum Gasteiger partial charge on any atom is 0.356 e. The van der Waals surface area contributed by atoms with Gasteiger partial charge in [0.25, 0.3) is 11.8 Å². The topological polar surface area (TPSA) is 99.3 Å². The fourth-order valence-electron chi connectivity index (χ4n) is 3.12. The predicted molar refractivity (Wildman–Crippen MR) is 125 cm³/mol. The fraction of sp³-hybridized carbons (Fsp3) is 0.120. The highest BCUT2D eigenvalue weighted by atomic mass is 32.2. The van der Waals surface area contributed by atoms with Crippen LogP contribution in [-0.2, 0) is 18.4 Å². The molecule has 4 aromatic rings. The van der Waals surface area contributed by atoms with Crippen molar-refractivity contribution in [1.29, 1.82) is 5.26 Å². The SMILES string of the molecule is COC(=O)c1cnc(Sc2c(F)c(F)nc(Oc3cc(C#N)ccc3OCc3ccccc3)c2F)n1C. The van der Waals surface area contributed by atoms with Gasteiger partial charge in [0, 0.05) is 13.1 Å². The molecule has 0 spiro atoms. The summed E-state index contributed by atoms with van der Waals surface area (Å²) >= 11 is 0.425. The smallest absolute Gasteiger partial charge is 0.356 e. The third kappa shape index (κ3) is 5.52. The van der Waals surface area contributed by atoms with E-state index < -0.39 is 34.3 Å². The minimum absolute atomic E-state index is 0.0188. The van der Waals surface area contributed by atoms with Gasteiger partial charge >= 0.3 is 5.97 Å². The number of pyridine rings is 1. The lowest BCUT2D eigenvalue weighted by atomic mass is 10.2. The molecule has 37 heavy (non-hydrogen) atoms. The van der Waals surface area contributed by atoms with Crippen molar-refractivity contribution in [2.45, 2.75) is 16.7 Å². The molecule has 0 aliphatic carbocycles. The first-order valence-corrected chi connectivity index (χ1v) is 11.3. The molecule has 8 nitrogen and oxygen atoms in total. The normalized spacial score (nSPS) is 10.6. The van der Waals surface area contributed by atoms with Gasteiger partial charge in [-0.05, 0) is 29.5 Å². The Bertz CT molecular complexity index is 1510. The average Bonchev–Trinajstić information content (AvgIpc) is 3.28. The Kier molecular flexibility index (Phi) is 7.64. The second kappa shape index (κ2) is 11.0. The summed E-state index contributed by atoms with van der Waals surface area (Å²) in [5.41, 5.74) is 1.00. The molecule has 0 aliphatic heterocycles. The Morgan fingerprint density at radius 1 is 1.11 bits per heavy atom. The molecule has 0 aliphatic rings. The first-order chi connectivity index (χ1) is 17.8. The molecule has 2 aromatic carbocycles. The number of nitriles is 1. The van der Waals surface area contributed by atoms with Crippen molar-refractivity contribution in [3.8, 4) is 23.4 Å². The van der Waals surface area contributed by atoms with Gasteiger partial charge in [-0.25, -0.2) is 14.2 Å². The van der Waals surface area contributed by atoms with E-state index in [2.05, 4.69) is 14.7 Å². The van der Waals surface area contributed by atoms with Crippen LogP contribution in [0.4, 0.5) is 13.2 Å². The van der Waals surface area contributed by atoms with E-state index in [1.807, 2.05) is 36.4 Å². The zero-order valence-corrected chi connectivity index (χ0v) is 20.2. The standard InChI is InChI=1S/C25H17F3N4O4S/c1-32-16(24(33)34-2)12-30-25(32)37-21-19(26)22(28)31-23(20(21)27)36-18-10-15(11-29)8-9-17(18)35-13-14-6-4-3-5-7-14/h3-10,12H,13H2,1-2H3. The Morgan fingerprint density at radius 3 is 2.57 bits per heavy atom. The number of benzene rings is 2. The zero-order valence-electron chi connectivity index (χ0n) is 19.4. The molecule has 0 radical (unpaired) electrons. The van der Waals surface area contributed by atoms with Crippen LogP contribution in [0, 0.1) is 28.9 Å². The Morgan fingerprint density at radius 2 is 1.86 bits per heavy atom. The molecule has 0 fully saturated rings. The lowest BCUT2D eigenvalue weighted by Crippen LogP contribution is -2.08. The maximum atomic E-state index is 15.4. The summed E-state index contributed by atoms with van der Waals surface area (Å²) in [7, 11) is 2.60. The third-order valence-corrected chi connectivity index (χ3v) is 6.14. The largest absolute Gasteiger partial charge is 0.485 e. The summed E-state index contributed by atoms with van der Waals surface area (Å²) in [5, 5.41) is 9.24. The highest BCUT2D eigenvalue weighted by Gasteiger charge is 2.26. The molecule has 0 N–H and O–H groups in total. The minimum atomic E-state index is -1.62. The molecule has 0 saturated heterocycles. The van der Waals surface area contributed by atoms with Gasteiger partial charge in [0.2, 0.25) is 5.82 Å². The Hall–Kier alpha value is -4.50. The van der Waals surface area contributed by atoms with Gasteiger partial charge in [0.05, 0.1) is 29.8 Å². The maximum absolute atomic E-state index is 15.4. The van der Waals surface area contributed by atoms with Crippen LogP contribution in [0.1, 0.15) is 21.6 Å². The van der Waals surface area contributed by atoms with Crippen molar-refractivity contribution in [1.82, 2.24) is 14.5 Å². The zero-order chi connectivity index (χ0) is 26.5. The van der Waals surface area contributed by atoms with Crippen molar-refractivity contribution in [2.24, 2.45) is 7.05 Å².